The Balaban J connectivity index is 3.04. The average molecular weight is 397 g/mol. The van der Waals surface area contributed by atoms with Crippen LogP contribution in [0.4, 0.5) is 15.4 Å². The predicted molar refractivity (Wildman–Crippen MR) is 99.8 cm³/mol. The molecule has 0 spiro atoms. The Labute approximate surface area is 163 Å². The van der Waals surface area contributed by atoms with E-state index in [1.165, 1.54) is 18.3 Å². The first-order valence-electron chi connectivity index (χ1n) is 8.55. The number of carbonyl (C=O) groups is 3. The minimum atomic E-state index is -1.74. The second kappa shape index (κ2) is 8.87. The molecule has 0 aliphatic carbocycles. The molecule has 0 bridgehead atoms. The molecular formula is C18H27N3O7. The van der Waals surface area contributed by atoms with Crippen LogP contribution in [-0.2, 0) is 14.3 Å². The highest BCUT2D eigenvalue weighted by molar-refractivity contribution is 5.85. The van der Waals surface area contributed by atoms with Gasteiger partial charge in [0, 0.05) is 11.8 Å². The lowest BCUT2D eigenvalue weighted by molar-refractivity contribution is -0.142. The summed E-state index contributed by atoms with van der Waals surface area (Å²) >= 11 is 0. The molecule has 0 aliphatic rings. The molecule has 0 radical (unpaired) electrons. The van der Waals surface area contributed by atoms with E-state index in [1.807, 2.05) is 0 Å². The number of nitrogens with one attached hydrogen (secondary N) is 2. The van der Waals surface area contributed by atoms with Gasteiger partial charge >= 0.3 is 18.2 Å². The molecule has 10 nitrogen and oxygen atoms in total. The molecule has 1 aromatic rings. The molecule has 28 heavy (non-hydrogen) atoms. The van der Waals surface area contributed by atoms with Crippen molar-refractivity contribution >= 4 is 24.0 Å². The number of carbonyl (C=O) groups excluding carboxylic acids is 2. The van der Waals surface area contributed by atoms with Crippen molar-refractivity contribution in [2.24, 2.45) is 0 Å². The van der Waals surface area contributed by atoms with Gasteiger partial charge in [-0.3, -0.25) is 5.32 Å². The van der Waals surface area contributed by atoms with E-state index >= 15 is 0 Å². The average Bonchev–Trinajstić information content (AvgIpc) is 2.48. The number of hydrogen-bond acceptors (Lipinski definition) is 7. The van der Waals surface area contributed by atoms with E-state index in [2.05, 4.69) is 15.6 Å². The van der Waals surface area contributed by atoms with E-state index < -0.39 is 41.5 Å². The lowest BCUT2D eigenvalue weighted by Crippen LogP contribution is -2.47. The number of hydrogen-bond donors (Lipinski definition) is 4. The molecule has 1 aromatic heterocycles. The van der Waals surface area contributed by atoms with E-state index in [-0.39, 0.29) is 11.4 Å². The smallest absolute Gasteiger partial charge is 0.413 e. The van der Waals surface area contributed by atoms with Crippen LogP contribution in [0.2, 0.25) is 0 Å². The summed E-state index contributed by atoms with van der Waals surface area (Å²) in [7, 11) is 0. The van der Waals surface area contributed by atoms with Crippen LogP contribution < -0.4 is 10.6 Å². The fourth-order valence-electron chi connectivity index (χ4n) is 2.05. The van der Waals surface area contributed by atoms with Gasteiger partial charge in [-0.25, -0.2) is 19.4 Å². The molecule has 0 saturated carbocycles. The molecule has 2 atom stereocenters. The van der Waals surface area contributed by atoms with Gasteiger partial charge in [0.15, 0.2) is 6.04 Å². The maximum Gasteiger partial charge on any atom is 0.413 e. The van der Waals surface area contributed by atoms with Crippen LogP contribution in [0, 0.1) is 0 Å². The molecule has 1 heterocycles. The number of carboxylic acid groups (broad SMARTS) is 1. The molecule has 0 fully saturated rings. The molecule has 2 amide bonds. The van der Waals surface area contributed by atoms with Crippen LogP contribution in [0.15, 0.2) is 18.3 Å². The Morgan fingerprint density at radius 2 is 1.57 bits per heavy atom. The van der Waals surface area contributed by atoms with E-state index in [0.717, 1.165) is 0 Å². The Kier molecular flexibility index (Phi) is 7.34. The Morgan fingerprint density at radius 1 is 1.04 bits per heavy atom. The monoisotopic (exact) mass is 397 g/mol. The Hall–Kier alpha value is -2.88. The van der Waals surface area contributed by atoms with Gasteiger partial charge in [-0.2, -0.15) is 0 Å². The summed E-state index contributed by atoms with van der Waals surface area (Å²) in [6.45, 7) is 9.86. The Morgan fingerprint density at radius 3 is 2.07 bits per heavy atom. The largest absolute Gasteiger partial charge is 0.480 e. The number of carboxylic acids is 1. The highest BCUT2D eigenvalue weighted by atomic mass is 16.6. The van der Waals surface area contributed by atoms with Crippen molar-refractivity contribution < 1.29 is 34.1 Å². The van der Waals surface area contributed by atoms with Crippen LogP contribution in [-0.4, -0.2) is 50.6 Å². The highest BCUT2D eigenvalue weighted by Crippen LogP contribution is 2.24. The second-order valence-corrected chi connectivity index (χ2v) is 7.98. The first-order valence-corrected chi connectivity index (χ1v) is 8.55. The van der Waals surface area contributed by atoms with Crippen LogP contribution in [0.1, 0.15) is 53.2 Å². The van der Waals surface area contributed by atoms with Gasteiger partial charge in [0.2, 0.25) is 0 Å². The zero-order valence-corrected chi connectivity index (χ0v) is 16.8. The van der Waals surface area contributed by atoms with Gasteiger partial charge in [0.25, 0.3) is 0 Å². The van der Waals surface area contributed by atoms with Crippen molar-refractivity contribution in [3.63, 3.8) is 0 Å². The minimum Gasteiger partial charge on any atom is -0.480 e. The predicted octanol–water partition coefficient (Wildman–Crippen LogP) is 2.44. The zero-order chi connectivity index (χ0) is 21.7. The second-order valence-electron chi connectivity index (χ2n) is 7.98. The van der Waals surface area contributed by atoms with Gasteiger partial charge in [-0.15, -0.1) is 0 Å². The maximum absolute atomic E-state index is 12.0. The molecular weight excluding hydrogens is 370 g/mol. The van der Waals surface area contributed by atoms with Crippen LogP contribution in [0.5, 0.6) is 0 Å². The van der Waals surface area contributed by atoms with E-state index in [9.17, 15) is 24.6 Å². The summed E-state index contributed by atoms with van der Waals surface area (Å²) in [5.41, 5.74) is -1.63. The third-order valence-corrected chi connectivity index (χ3v) is 3.03. The number of rotatable bonds is 5. The highest BCUT2D eigenvalue weighted by Gasteiger charge is 2.33. The van der Waals surface area contributed by atoms with Crippen molar-refractivity contribution in [3.8, 4) is 0 Å². The molecule has 0 aliphatic heterocycles. The fourth-order valence-corrected chi connectivity index (χ4v) is 2.05. The maximum atomic E-state index is 12.0. The van der Waals surface area contributed by atoms with E-state index in [1.54, 1.807) is 41.5 Å². The quantitative estimate of drug-likeness (QED) is 0.592. The van der Waals surface area contributed by atoms with Crippen LogP contribution in [0.25, 0.3) is 0 Å². The van der Waals surface area contributed by atoms with Crippen molar-refractivity contribution in [1.82, 2.24) is 10.3 Å². The molecule has 10 heteroatoms. The summed E-state index contributed by atoms with van der Waals surface area (Å²) in [5, 5.41) is 24.4. The van der Waals surface area contributed by atoms with Gasteiger partial charge in [-0.1, -0.05) is 6.07 Å². The summed E-state index contributed by atoms with van der Waals surface area (Å²) in [4.78, 5) is 39.4. The third kappa shape index (κ3) is 7.78. The van der Waals surface area contributed by atoms with Crippen molar-refractivity contribution in [2.45, 2.75) is 64.9 Å². The number of aromatic nitrogens is 1. The first-order chi connectivity index (χ1) is 12.7. The standard InChI is InChI=1S/C18H27N3O7/c1-17(2,3)27-15(25)20-11(14(23)24)12(22)10-8-7-9-19-13(10)21-16(26)28-18(4,5)6/h7-9,11-12,22H,1-6H3,(H,20,25)(H,23,24)(H,19,21,26)/t11-,12+/m1/s1. The van der Waals surface area contributed by atoms with Crippen molar-refractivity contribution in [2.75, 3.05) is 5.32 Å². The summed E-state index contributed by atoms with van der Waals surface area (Å²) in [5.74, 6) is -1.59. The van der Waals surface area contributed by atoms with E-state index in [0.29, 0.717) is 0 Å². The number of aliphatic carboxylic acids is 1. The summed E-state index contributed by atoms with van der Waals surface area (Å²) < 4.78 is 10.2. The lowest BCUT2D eigenvalue weighted by Gasteiger charge is -2.25. The molecule has 0 aromatic carbocycles. The SMILES string of the molecule is CC(C)(C)OC(=O)Nc1ncccc1[C@H](O)[C@@H](NC(=O)OC(C)(C)C)C(=O)O. The van der Waals surface area contributed by atoms with Gasteiger partial charge < -0.3 is 25.0 Å². The Bertz CT molecular complexity index is 723. The minimum absolute atomic E-state index is 0.0168. The van der Waals surface area contributed by atoms with Crippen molar-refractivity contribution in [1.29, 1.82) is 0 Å². The third-order valence-electron chi connectivity index (χ3n) is 3.03. The van der Waals surface area contributed by atoms with Crippen LogP contribution >= 0.6 is 0 Å². The topological polar surface area (TPSA) is 147 Å². The van der Waals surface area contributed by atoms with E-state index in [4.69, 9.17) is 9.47 Å². The number of aliphatic hydroxyl groups is 1. The number of aliphatic hydroxyl groups excluding tert-OH is 1. The molecule has 0 unspecified atom stereocenters. The number of amides is 2. The number of anilines is 1. The summed E-state index contributed by atoms with van der Waals surface area (Å²) in [6, 6.07) is 1.08. The van der Waals surface area contributed by atoms with Crippen molar-refractivity contribution in [3.05, 3.63) is 23.9 Å². The molecule has 4 N–H and O–H groups in total. The van der Waals surface area contributed by atoms with Gasteiger partial charge in [0.1, 0.15) is 23.1 Å². The normalized spacial score (nSPS) is 13.8. The number of nitrogens with zero attached hydrogens (tertiary/aromatic N) is 1. The number of alkyl carbamates (subject to hydrolysis) is 1. The molecule has 1 rings (SSSR count). The van der Waals surface area contributed by atoms with Gasteiger partial charge in [-0.05, 0) is 47.6 Å². The fraction of sp³-hybridized carbons (Fsp3) is 0.556. The first kappa shape index (κ1) is 23.2. The van der Waals surface area contributed by atoms with Gasteiger partial charge in [0.05, 0.1) is 0 Å². The molecule has 0 saturated heterocycles. The number of pyridine rings is 1. The number of ether oxygens (including phenoxy) is 2. The lowest BCUT2D eigenvalue weighted by atomic mass is 10.0. The van der Waals surface area contributed by atoms with Crippen LogP contribution in [0.3, 0.4) is 0 Å². The summed E-state index contributed by atoms with van der Waals surface area (Å²) in [6.07, 6.45) is -2.21. The zero-order valence-electron chi connectivity index (χ0n) is 16.8. The molecule has 156 valence electrons.